The van der Waals surface area contributed by atoms with Crippen molar-refractivity contribution in [2.24, 2.45) is 0 Å². The third-order valence-corrected chi connectivity index (χ3v) is 4.66. The third-order valence-electron chi connectivity index (χ3n) is 4.66. The number of para-hydroxylation sites is 2. The molecule has 6 heteroatoms. The summed E-state index contributed by atoms with van der Waals surface area (Å²) in [6.45, 7) is 8.39. The summed E-state index contributed by atoms with van der Waals surface area (Å²) in [7, 11) is 0. The number of amides is 1. The summed E-state index contributed by atoms with van der Waals surface area (Å²) in [6, 6.07) is 7.51. The van der Waals surface area contributed by atoms with Gasteiger partial charge in [-0.15, -0.1) is 0 Å². The van der Waals surface area contributed by atoms with Crippen molar-refractivity contribution in [1.82, 2.24) is 9.88 Å². The summed E-state index contributed by atoms with van der Waals surface area (Å²) in [5, 5.41) is 0. The fourth-order valence-corrected chi connectivity index (χ4v) is 3.40. The maximum atomic E-state index is 13.0. The first kappa shape index (κ1) is 18.0. The molecule has 2 aromatic rings. The standard InChI is InChI=1S/C20H24N2O4/c1-5-22(10-15-11-25-16-8-6-7-9-17(16)26-15)20(24)19-12(2)18(14(4)23)13(3)21-19/h6-9,15,21H,5,10-11H2,1-4H3. The van der Waals surface area contributed by atoms with Crippen LogP contribution in [0, 0.1) is 13.8 Å². The van der Waals surface area contributed by atoms with Crippen LogP contribution in [0.15, 0.2) is 24.3 Å². The third kappa shape index (κ3) is 3.31. The summed E-state index contributed by atoms with van der Waals surface area (Å²) in [6.07, 6.45) is -0.238. The molecule has 1 aromatic heterocycles. The molecule has 1 amide bonds. The number of aromatic nitrogens is 1. The molecule has 1 atom stereocenters. The first-order valence-electron chi connectivity index (χ1n) is 8.80. The van der Waals surface area contributed by atoms with Crippen molar-refractivity contribution < 1.29 is 19.1 Å². The highest BCUT2D eigenvalue weighted by atomic mass is 16.6. The van der Waals surface area contributed by atoms with Gasteiger partial charge in [-0.1, -0.05) is 12.1 Å². The molecule has 0 spiro atoms. The molecule has 138 valence electrons. The lowest BCUT2D eigenvalue weighted by molar-refractivity contribution is 0.0471. The number of ketones is 1. The summed E-state index contributed by atoms with van der Waals surface area (Å²) < 4.78 is 11.7. The Morgan fingerprint density at radius 1 is 1.23 bits per heavy atom. The van der Waals surface area contributed by atoms with E-state index in [1.807, 2.05) is 38.1 Å². The van der Waals surface area contributed by atoms with Gasteiger partial charge in [0, 0.05) is 17.8 Å². The molecule has 0 bridgehead atoms. The number of aromatic amines is 1. The average Bonchev–Trinajstić information content (AvgIpc) is 2.93. The molecule has 0 fully saturated rings. The lowest BCUT2D eigenvalue weighted by Crippen LogP contribution is -2.43. The highest BCUT2D eigenvalue weighted by molar-refractivity contribution is 6.02. The van der Waals surface area contributed by atoms with Crippen LogP contribution < -0.4 is 9.47 Å². The second-order valence-electron chi connectivity index (χ2n) is 6.52. The van der Waals surface area contributed by atoms with E-state index in [4.69, 9.17) is 9.47 Å². The van der Waals surface area contributed by atoms with Crippen molar-refractivity contribution in [2.45, 2.75) is 33.8 Å². The topological polar surface area (TPSA) is 71.6 Å². The van der Waals surface area contributed by atoms with Crippen LogP contribution in [-0.2, 0) is 0 Å². The number of fused-ring (bicyclic) bond motifs is 1. The van der Waals surface area contributed by atoms with Crippen molar-refractivity contribution in [3.63, 3.8) is 0 Å². The lowest BCUT2D eigenvalue weighted by Gasteiger charge is -2.30. The number of hydrogen-bond acceptors (Lipinski definition) is 4. The van der Waals surface area contributed by atoms with E-state index in [9.17, 15) is 9.59 Å². The van der Waals surface area contributed by atoms with Crippen LogP contribution in [-0.4, -0.2) is 47.4 Å². The van der Waals surface area contributed by atoms with Gasteiger partial charge < -0.3 is 19.4 Å². The predicted molar refractivity (Wildman–Crippen MR) is 98.2 cm³/mol. The lowest BCUT2D eigenvalue weighted by atomic mass is 10.1. The molecule has 1 unspecified atom stereocenters. The number of benzene rings is 1. The summed E-state index contributed by atoms with van der Waals surface area (Å²) in [5.74, 6) is 1.24. The number of ether oxygens (including phenoxy) is 2. The minimum Gasteiger partial charge on any atom is -0.486 e. The molecule has 1 aliphatic rings. The number of likely N-dealkylation sites (N-methyl/N-ethyl adjacent to an activating group) is 1. The average molecular weight is 356 g/mol. The van der Waals surface area contributed by atoms with Crippen molar-refractivity contribution >= 4 is 11.7 Å². The van der Waals surface area contributed by atoms with Crippen molar-refractivity contribution in [3.05, 3.63) is 46.8 Å². The van der Waals surface area contributed by atoms with E-state index in [-0.39, 0.29) is 17.8 Å². The molecule has 1 aromatic carbocycles. The molecule has 1 aliphatic heterocycles. The van der Waals surface area contributed by atoms with Crippen LogP contribution in [0.1, 0.15) is 46.0 Å². The van der Waals surface area contributed by atoms with Gasteiger partial charge >= 0.3 is 0 Å². The van der Waals surface area contributed by atoms with E-state index in [1.165, 1.54) is 6.92 Å². The Hall–Kier alpha value is -2.76. The van der Waals surface area contributed by atoms with Gasteiger partial charge in [0.1, 0.15) is 12.3 Å². The molecule has 0 saturated carbocycles. The fourth-order valence-electron chi connectivity index (χ4n) is 3.40. The summed E-state index contributed by atoms with van der Waals surface area (Å²) >= 11 is 0. The van der Waals surface area contributed by atoms with E-state index >= 15 is 0 Å². The first-order chi connectivity index (χ1) is 12.4. The van der Waals surface area contributed by atoms with E-state index < -0.39 is 0 Å². The van der Waals surface area contributed by atoms with Gasteiger partial charge in [-0.2, -0.15) is 0 Å². The highest BCUT2D eigenvalue weighted by Crippen LogP contribution is 2.31. The van der Waals surface area contributed by atoms with Crippen molar-refractivity contribution in [2.75, 3.05) is 19.7 Å². The van der Waals surface area contributed by atoms with Crippen LogP contribution in [0.2, 0.25) is 0 Å². The van der Waals surface area contributed by atoms with Crippen LogP contribution in [0.5, 0.6) is 11.5 Å². The number of hydrogen-bond donors (Lipinski definition) is 1. The number of nitrogens with one attached hydrogen (secondary N) is 1. The molecular formula is C20H24N2O4. The highest BCUT2D eigenvalue weighted by Gasteiger charge is 2.28. The Labute approximate surface area is 153 Å². The van der Waals surface area contributed by atoms with Crippen molar-refractivity contribution in [1.29, 1.82) is 0 Å². The summed E-state index contributed by atoms with van der Waals surface area (Å²) in [5.41, 5.74) is 2.48. The van der Waals surface area contributed by atoms with E-state index in [1.54, 1.807) is 11.8 Å². The van der Waals surface area contributed by atoms with E-state index in [0.717, 1.165) is 11.4 Å². The van der Waals surface area contributed by atoms with E-state index in [2.05, 4.69) is 4.98 Å². The van der Waals surface area contributed by atoms with Gasteiger partial charge in [0.05, 0.1) is 6.54 Å². The minimum absolute atomic E-state index is 0.0426. The Kier molecular flexibility index (Phi) is 5.02. The molecular weight excluding hydrogens is 332 g/mol. The van der Waals surface area contributed by atoms with Gasteiger partial charge in [-0.3, -0.25) is 9.59 Å². The number of aryl methyl sites for hydroxylation is 1. The minimum atomic E-state index is -0.238. The molecule has 0 radical (unpaired) electrons. The Morgan fingerprint density at radius 2 is 1.92 bits per heavy atom. The fraction of sp³-hybridized carbons (Fsp3) is 0.400. The quantitative estimate of drug-likeness (QED) is 0.836. The normalized spacial score (nSPS) is 15.6. The monoisotopic (exact) mass is 356 g/mol. The first-order valence-corrected chi connectivity index (χ1v) is 8.80. The molecule has 1 N–H and O–H groups in total. The number of rotatable bonds is 5. The summed E-state index contributed by atoms with van der Waals surface area (Å²) in [4.78, 5) is 29.6. The number of carbonyl (C=O) groups excluding carboxylic acids is 2. The van der Waals surface area contributed by atoms with Gasteiger partial charge in [0.15, 0.2) is 23.4 Å². The zero-order valence-electron chi connectivity index (χ0n) is 15.6. The second kappa shape index (κ2) is 7.23. The SMILES string of the molecule is CCN(CC1COc2ccccc2O1)C(=O)c1[nH]c(C)c(C(C)=O)c1C. The van der Waals surface area contributed by atoms with Gasteiger partial charge in [0.2, 0.25) is 0 Å². The van der Waals surface area contributed by atoms with Crippen LogP contribution >= 0.6 is 0 Å². The number of nitrogens with zero attached hydrogens (tertiary/aromatic N) is 1. The van der Waals surface area contributed by atoms with Gasteiger partial charge in [-0.25, -0.2) is 0 Å². The number of Topliss-reactive ketones (excluding diaryl/α,β-unsaturated/α-hetero) is 1. The Balaban J connectivity index is 1.77. The smallest absolute Gasteiger partial charge is 0.270 e. The van der Waals surface area contributed by atoms with Crippen molar-refractivity contribution in [3.8, 4) is 11.5 Å². The molecule has 26 heavy (non-hydrogen) atoms. The molecule has 2 heterocycles. The Bertz CT molecular complexity index is 840. The van der Waals surface area contributed by atoms with Crippen LogP contribution in [0.3, 0.4) is 0 Å². The molecule has 3 rings (SSSR count). The largest absolute Gasteiger partial charge is 0.486 e. The Morgan fingerprint density at radius 3 is 2.54 bits per heavy atom. The zero-order valence-corrected chi connectivity index (χ0v) is 15.6. The molecule has 0 aliphatic carbocycles. The number of carbonyl (C=O) groups is 2. The van der Waals surface area contributed by atoms with Gasteiger partial charge in [0.25, 0.3) is 5.91 Å². The second-order valence-corrected chi connectivity index (χ2v) is 6.52. The van der Waals surface area contributed by atoms with E-state index in [0.29, 0.717) is 42.3 Å². The van der Waals surface area contributed by atoms with Crippen LogP contribution in [0.4, 0.5) is 0 Å². The predicted octanol–water partition coefficient (Wildman–Crippen LogP) is 3.14. The maximum absolute atomic E-state index is 13.0. The molecule has 0 saturated heterocycles. The van der Waals surface area contributed by atoms with Crippen LogP contribution in [0.25, 0.3) is 0 Å². The van der Waals surface area contributed by atoms with Gasteiger partial charge in [-0.05, 0) is 45.4 Å². The zero-order chi connectivity index (χ0) is 18.8. The number of H-pyrrole nitrogens is 1. The molecule has 6 nitrogen and oxygen atoms in total. The maximum Gasteiger partial charge on any atom is 0.270 e.